The molecule has 1 aliphatic rings. The molecule has 5 heteroatoms. The number of rotatable bonds is 2. The van der Waals surface area contributed by atoms with E-state index in [4.69, 9.17) is 5.73 Å². The zero-order chi connectivity index (χ0) is 18.5. The van der Waals surface area contributed by atoms with Crippen molar-refractivity contribution < 1.29 is 0 Å². The minimum atomic E-state index is -0.746. The van der Waals surface area contributed by atoms with Crippen molar-refractivity contribution in [1.82, 2.24) is 0 Å². The summed E-state index contributed by atoms with van der Waals surface area (Å²) in [6, 6.07) is 25.1. The Morgan fingerprint density at radius 1 is 0.846 bits per heavy atom. The van der Waals surface area contributed by atoms with E-state index >= 15 is 0 Å². The topological polar surface area (TPSA) is 110 Å². The van der Waals surface area contributed by atoms with Crippen LogP contribution < -0.4 is 5.73 Å². The number of nitrogens with zero attached hydrogens (tertiary/aromatic N) is 4. The number of aliphatic imine (C=N–C) groups is 1. The molecule has 0 saturated heterocycles. The van der Waals surface area contributed by atoms with Gasteiger partial charge in [-0.15, -0.1) is 0 Å². The van der Waals surface area contributed by atoms with E-state index in [2.05, 4.69) is 11.1 Å². The van der Waals surface area contributed by atoms with Crippen LogP contribution >= 0.6 is 0 Å². The zero-order valence-electron chi connectivity index (χ0n) is 13.9. The molecule has 0 saturated carbocycles. The number of nitriles is 3. The molecule has 2 N–H and O–H groups in total. The van der Waals surface area contributed by atoms with Crippen molar-refractivity contribution in [2.24, 2.45) is 16.6 Å². The normalized spacial score (nSPS) is 21.7. The SMILES string of the molecule is N#CC(C#N)=C1N=C(N)C(c2ccccc2)C(c2ccccc2)C1C#N. The van der Waals surface area contributed by atoms with Crippen molar-refractivity contribution >= 4 is 5.84 Å². The second-order valence-electron chi connectivity index (χ2n) is 5.95. The van der Waals surface area contributed by atoms with E-state index in [1.165, 1.54) is 0 Å². The Morgan fingerprint density at radius 2 is 1.38 bits per heavy atom. The van der Waals surface area contributed by atoms with E-state index in [-0.39, 0.29) is 23.1 Å². The summed E-state index contributed by atoms with van der Waals surface area (Å²) in [5.41, 5.74) is 8.11. The number of benzene rings is 2. The molecule has 2 aromatic rings. The van der Waals surface area contributed by atoms with Gasteiger partial charge in [-0.05, 0) is 11.1 Å². The van der Waals surface area contributed by atoms with Crippen LogP contribution in [-0.4, -0.2) is 5.84 Å². The van der Waals surface area contributed by atoms with Gasteiger partial charge in [-0.1, -0.05) is 60.7 Å². The lowest BCUT2D eigenvalue weighted by atomic mass is 9.70. The molecular weight excluding hydrogens is 322 g/mol. The number of hydrogen-bond donors (Lipinski definition) is 1. The molecule has 2 aromatic carbocycles. The average Bonchev–Trinajstić information content (AvgIpc) is 2.70. The first-order valence-corrected chi connectivity index (χ1v) is 8.09. The minimum absolute atomic E-state index is 0.149. The van der Waals surface area contributed by atoms with E-state index in [1.807, 2.05) is 72.8 Å². The molecule has 3 unspecified atom stereocenters. The third kappa shape index (κ3) is 2.93. The lowest BCUT2D eigenvalue weighted by Crippen LogP contribution is -2.36. The van der Waals surface area contributed by atoms with E-state index in [1.54, 1.807) is 0 Å². The predicted molar refractivity (Wildman–Crippen MR) is 97.3 cm³/mol. The first kappa shape index (κ1) is 17.0. The van der Waals surface area contributed by atoms with Gasteiger partial charge in [0.25, 0.3) is 0 Å². The summed E-state index contributed by atoms with van der Waals surface area (Å²) >= 11 is 0. The van der Waals surface area contributed by atoms with Gasteiger partial charge in [-0.25, -0.2) is 4.99 Å². The third-order valence-electron chi connectivity index (χ3n) is 4.54. The molecule has 0 bridgehead atoms. The zero-order valence-corrected chi connectivity index (χ0v) is 13.9. The molecule has 0 spiro atoms. The lowest BCUT2D eigenvalue weighted by molar-refractivity contribution is 0.519. The molecule has 1 aliphatic heterocycles. The predicted octanol–water partition coefficient (Wildman–Crippen LogP) is 3.37. The Hall–Kier alpha value is -3.88. The highest BCUT2D eigenvalue weighted by atomic mass is 14.9. The van der Waals surface area contributed by atoms with Crippen LogP contribution in [0.2, 0.25) is 0 Å². The summed E-state index contributed by atoms with van der Waals surface area (Å²) in [6.07, 6.45) is 0. The molecule has 0 amide bonds. The fraction of sp³-hybridized carbons (Fsp3) is 0.143. The van der Waals surface area contributed by atoms with E-state index in [0.717, 1.165) is 11.1 Å². The van der Waals surface area contributed by atoms with Crippen LogP contribution in [0.1, 0.15) is 23.0 Å². The molecule has 3 atom stereocenters. The van der Waals surface area contributed by atoms with Crippen LogP contribution in [0.25, 0.3) is 0 Å². The molecule has 0 fully saturated rings. The van der Waals surface area contributed by atoms with E-state index in [9.17, 15) is 15.8 Å². The van der Waals surface area contributed by atoms with Crippen LogP contribution in [0.15, 0.2) is 76.9 Å². The second-order valence-corrected chi connectivity index (χ2v) is 5.95. The van der Waals surface area contributed by atoms with Crippen LogP contribution in [0.4, 0.5) is 0 Å². The maximum atomic E-state index is 9.87. The minimum Gasteiger partial charge on any atom is -0.387 e. The van der Waals surface area contributed by atoms with Gasteiger partial charge in [0, 0.05) is 11.8 Å². The molecule has 124 valence electrons. The fourth-order valence-corrected chi connectivity index (χ4v) is 3.42. The molecule has 3 rings (SSSR count). The van der Waals surface area contributed by atoms with Crippen molar-refractivity contribution in [1.29, 1.82) is 15.8 Å². The number of nitrogens with two attached hydrogens (primary N) is 1. The first-order valence-electron chi connectivity index (χ1n) is 8.09. The van der Waals surface area contributed by atoms with Gasteiger partial charge < -0.3 is 5.73 Å². The Balaban J connectivity index is 2.29. The largest absolute Gasteiger partial charge is 0.387 e. The van der Waals surface area contributed by atoms with Crippen LogP contribution in [0.5, 0.6) is 0 Å². The molecule has 1 heterocycles. The van der Waals surface area contributed by atoms with Crippen molar-refractivity contribution in [2.45, 2.75) is 11.8 Å². The smallest absolute Gasteiger partial charge is 0.152 e. The Labute approximate surface area is 151 Å². The van der Waals surface area contributed by atoms with Gasteiger partial charge in [0.2, 0.25) is 0 Å². The second kappa shape index (κ2) is 7.34. The monoisotopic (exact) mass is 337 g/mol. The van der Waals surface area contributed by atoms with Crippen LogP contribution in [0, 0.1) is 39.9 Å². The highest BCUT2D eigenvalue weighted by Gasteiger charge is 2.41. The Bertz CT molecular complexity index is 969. The average molecular weight is 337 g/mol. The van der Waals surface area contributed by atoms with Gasteiger partial charge in [-0.2, -0.15) is 15.8 Å². The van der Waals surface area contributed by atoms with Crippen molar-refractivity contribution in [3.05, 3.63) is 83.1 Å². The summed E-state index contributed by atoms with van der Waals surface area (Å²) in [7, 11) is 0. The first-order chi connectivity index (χ1) is 12.7. The Kier molecular flexibility index (Phi) is 4.79. The quantitative estimate of drug-likeness (QED) is 0.847. The summed E-state index contributed by atoms with van der Waals surface area (Å²) < 4.78 is 0. The summed E-state index contributed by atoms with van der Waals surface area (Å²) in [5.74, 6) is -1.10. The van der Waals surface area contributed by atoms with Gasteiger partial charge >= 0.3 is 0 Å². The maximum Gasteiger partial charge on any atom is 0.152 e. The van der Waals surface area contributed by atoms with Crippen molar-refractivity contribution in [2.75, 3.05) is 0 Å². The molecule has 0 radical (unpaired) electrons. The van der Waals surface area contributed by atoms with Gasteiger partial charge in [0.05, 0.1) is 17.7 Å². The molecule has 26 heavy (non-hydrogen) atoms. The lowest BCUT2D eigenvalue weighted by Gasteiger charge is -2.35. The highest BCUT2D eigenvalue weighted by Crippen LogP contribution is 2.45. The standard InChI is InChI=1S/C21H15N5/c22-11-16(12-23)20-17(13-24)18(14-7-3-1-4-8-14)19(21(25)26-20)15-9-5-2-6-10-15/h1-10,17-19H,(H2,25,26). The summed E-state index contributed by atoms with van der Waals surface area (Å²) in [4.78, 5) is 4.32. The number of amidine groups is 1. The van der Waals surface area contributed by atoms with Gasteiger partial charge in [0.15, 0.2) is 5.57 Å². The van der Waals surface area contributed by atoms with Crippen molar-refractivity contribution in [3.8, 4) is 18.2 Å². The van der Waals surface area contributed by atoms with Gasteiger partial charge in [0.1, 0.15) is 18.0 Å². The van der Waals surface area contributed by atoms with Gasteiger partial charge in [-0.3, -0.25) is 0 Å². The summed E-state index contributed by atoms with van der Waals surface area (Å²) in [5, 5.41) is 28.4. The van der Waals surface area contributed by atoms with Crippen molar-refractivity contribution in [3.63, 3.8) is 0 Å². The Morgan fingerprint density at radius 3 is 1.88 bits per heavy atom. The number of hydrogen-bond acceptors (Lipinski definition) is 5. The molecular formula is C21H15N5. The van der Waals surface area contributed by atoms with E-state index < -0.39 is 5.92 Å². The van der Waals surface area contributed by atoms with Crippen LogP contribution in [0.3, 0.4) is 0 Å². The fourth-order valence-electron chi connectivity index (χ4n) is 3.42. The molecule has 0 aliphatic carbocycles. The maximum absolute atomic E-state index is 9.87. The molecule has 0 aromatic heterocycles. The molecule has 5 nitrogen and oxygen atoms in total. The highest BCUT2D eigenvalue weighted by molar-refractivity contribution is 5.91. The summed E-state index contributed by atoms with van der Waals surface area (Å²) in [6.45, 7) is 0. The number of allylic oxidation sites excluding steroid dienone is 2. The third-order valence-corrected chi connectivity index (χ3v) is 4.54. The van der Waals surface area contributed by atoms with E-state index in [0.29, 0.717) is 5.84 Å². The van der Waals surface area contributed by atoms with Crippen LogP contribution in [-0.2, 0) is 0 Å².